The zero-order valence-electron chi connectivity index (χ0n) is 12.2. The van der Waals surface area contributed by atoms with E-state index in [1.165, 1.54) is 0 Å². The van der Waals surface area contributed by atoms with E-state index in [0.717, 1.165) is 16.7 Å². The summed E-state index contributed by atoms with van der Waals surface area (Å²) in [6, 6.07) is 11.2. The minimum atomic E-state index is -0.855. The minimum absolute atomic E-state index is 0.102. The lowest BCUT2D eigenvalue weighted by atomic mass is 10.2. The van der Waals surface area contributed by atoms with Crippen LogP contribution in [0.1, 0.15) is 17.6 Å². The molecule has 0 aliphatic carbocycles. The molecule has 0 saturated heterocycles. The first-order valence-electron chi connectivity index (χ1n) is 7.05. The molecule has 1 aromatic carbocycles. The number of rotatable bonds is 5. The molecule has 2 aromatic heterocycles. The number of nitrogens with one attached hydrogen (secondary N) is 1. The molecule has 3 rings (SSSR count). The number of furan rings is 1. The van der Waals surface area contributed by atoms with E-state index in [1.54, 1.807) is 29.9 Å². The summed E-state index contributed by atoms with van der Waals surface area (Å²) in [5, 5.41) is 17.8. The molecule has 2 heterocycles. The fraction of sp³-hybridized carbons (Fsp3) is 0.250. The first kappa shape index (κ1) is 14.3. The van der Waals surface area contributed by atoms with Gasteiger partial charge in [0, 0.05) is 5.39 Å². The number of para-hydroxylation sites is 1. The van der Waals surface area contributed by atoms with E-state index in [1.807, 2.05) is 24.3 Å². The summed E-state index contributed by atoms with van der Waals surface area (Å²) >= 11 is 0. The van der Waals surface area contributed by atoms with Crippen molar-refractivity contribution in [2.75, 3.05) is 6.54 Å². The number of carbonyl (C=O) groups is 1. The fourth-order valence-corrected chi connectivity index (χ4v) is 2.29. The van der Waals surface area contributed by atoms with Crippen LogP contribution in [0.4, 0.5) is 0 Å². The van der Waals surface area contributed by atoms with Gasteiger partial charge in [0.1, 0.15) is 24.2 Å². The Morgan fingerprint density at radius 2 is 2.18 bits per heavy atom. The molecule has 6 heteroatoms. The first-order valence-corrected chi connectivity index (χ1v) is 7.05. The molecule has 0 unspecified atom stereocenters. The van der Waals surface area contributed by atoms with E-state index < -0.39 is 6.10 Å². The largest absolute Gasteiger partial charge is 0.464 e. The molecule has 22 heavy (non-hydrogen) atoms. The van der Waals surface area contributed by atoms with Gasteiger partial charge in [-0.25, -0.2) is 0 Å². The summed E-state index contributed by atoms with van der Waals surface area (Å²) in [7, 11) is 0. The predicted molar refractivity (Wildman–Crippen MR) is 81.1 cm³/mol. The number of nitrogens with zero attached hydrogens (tertiary/aromatic N) is 2. The van der Waals surface area contributed by atoms with Crippen LogP contribution in [0.2, 0.25) is 0 Å². The molecule has 0 aliphatic rings. The average molecular weight is 299 g/mol. The Kier molecular flexibility index (Phi) is 3.93. The molecule has 1 amide bonds. The standard InChI is InChI=1S/C16H17N3O3/c1-11-6-7-15(22-11)14(20)9-17-16(21)10-19-13-5-3-2-4-12(13)8-18-19/h2-8,14,20H,9-10H2,1H3,(H,17,21)/t14-/m1/s1. The number of benzene rings is 1. The van der Waals surface area contributed by atoms with Gasteiger partial charge in [-0.15, -0.1) is 0 Å². The number of hydrogen-bond donors (Lipinski definition) is 2. The Morgan fingerprint density at radius 3 is 2.95 bits per heavy atom. The summed E-state index contributed by atoms with van der Waals surface area (Å²) in [5.41, 5.74) is 0.903. The van der Waals surface area contributed by atoms with Gasteiger partial charge in [0.25, 0.3) is 0 Å². The van der Waals surface area contributed by atoms with Crippen LogP contribution in [0.25, 0.3) is 10.9 Å². The van der Waals surface area contributed by atoms with Gasteiger partial charge in [-0.3, -0.25) is 9.48 Å². The molecule has 0 aliphatic heterocycles. The van der Waals surface area contributed by atoms with Gasteiger partial charge in [0.15, 0.2) is 0 Å². The molecule has 0 fully saturated rings. The number of hydrogen-bond acceptors (Lipinski definition) is 4. The van der Waals surface area contributed by atoms with E-state index in [-0.39, 0.29) is 19.0 Å². The lowest BCUT2D eigenvalue weighted by molar-refractivity contribution is -0.122. The third-order valence-electron chi connectivity index (χ3n) is 3.43. The van der Waals surface area contributed by atoms with Crippen molar-refractivity contribution >= 4 is 16.8 Å². The second kappa shape index (κ2) is 6.03. The predicted octanol–water partition coefficient (Wildman–Crippen LogP) is 1.79. The lowest BCUT2D eigenvalue weighted by Crippen LogP contribution is -2.31. The lowest BCUT2D eigenvalue weighted by Gasteiger charge is -2.10. The molecular weight excluding hydrogens is 282 g/mol. The fourth-order valence-electron chi connectivity index (χ4n) is 2.29. The molecule has 1 atom stereocenters. The number of aryl methyl sites for hydroxylation is 1. The number of aliphatic hydroxyl groups is 1. The molecule has 0 spiro atoms. The van der Waals surface area contributed by atoms with Crippen molar-refractivity contribution < 1.29 is 14.3 Å². The van der Waals surface area contributed by atoms with Crippen LogP contribution in [-0.2, 0) is 11.3 Å². The van der Waals surface area contributed by atoms with Crippen LogP contribution >= 0.6 is 0 Å². The summed E-state index contributed by atoms with van der Waals surface area (Å²) < 4.78 is 6.96. The van der Waals surface area contributed by atoms with Crippen molar-refractivity contribution in [1.82, 2.24) is 15.1 Å². The van der Waals surface area contributed by atoms with Crippen LogP contribution in [0.3, 0.4) is 0 Å². The molecule has 114 valence electrons. The quantitative estimate of drug-likeness (QED) is 0.752. The van der Waals surface area contributed by atoms with E-state index in [9.17, 15) is 9.90 Å². The van der Waals surface area contributed by atoms with Crippen molar-refractivity contribution in [1.29, 1.82) is 0 Å². The van der Waals surface area contributed by atoms with E-state index in [4.69, 9.17) is 4.42 Å². The molecule has 2 N–H and O–H groups in total. The number of fused-ring (bicyclic) bond motifs is 1. The maximum absolute atomic E-state index is 12.0. The maximum atomic E-state index is 12.0. The van der Waals surface area contributed by atoms with Crippen molar-refractivity contribution in [3.8, 4) is 0 Å². The Hall–Kier alpha value is -2.60. The monoisotopic (exact) mass is 299 g/mol. The highest BCUT2D eigenvalue weighted by molar-refractivity contribution is 5.81. The van der Waals surface area contributed by atoms with Crippen molar-refractivity contribution in [2.24, 2.45) is 0 Å². The average Bonchev–Trinajstić information content (AvgIpc) is 3.12. The molecule has 3 aromatic rings. The third-order valence-corrected chi connectivity index (χ3v) is 3.43. The van der Waals surface area contributed by atoms with Gasteiger partial charge in [0.05, 0.1) is 18.3 Å². The smallest absolute Gasteiger partial charge is 0.241 e. The van der Waals surface area contributed by atoms with Gasteiger partial charge in [-0.2, -0.15) is 5.10 Å². The minimum Gasteiger partial charge on any atom is -0.464 e. The molecule has 0 bridgehead atoms. The number of aliphatic hydroxyl groups excluding tert-OH is 1. The summed E-state index contributed by atoms with van der Waals surface area (Å²) in [6.07, 6.45) is 0.871. The van der Waals surface area contributed by atoms with Gasteiger partial charge in [-0.05, 0) is 25.1 Å². The summed E-state index contributed by atoms with van der Waals surface area (Å²) in [5.74, 6) is 0.960. The van der Waals surface area contributed by atoms with Crippen LogP contribution in [-0.4, -0.2) is 27.3 Å². The van der Waals surface area contributed by atoms with Crippen LogP contribution in [0.15, 0.2) is 47.0 Å². The van der Waals surface area contributed by atoms with E-state index >= 15 is 0 Å². The zero-order chi connectivity index (χ0) is 15.5. The molecule has 6 nitrogen and oxygen atoms in total. The van der Waals surface area contributed by atoms with Crippen molar-refractivity contribution in [3.63, 3.8) is 0 Å². The maximum Gasteiger partial charge on any atom is 0.241 e. The Labute approximate surface area is 127 Å². The normalized spacial score (nSPS) is 12.5. The second-order valence-corrected chi connectivity index (χ2v) is 5.13. The zero-order valence-corrected chi connectivity index (χ0v) is 12.2. The third kappa shape index (κ3) is 3.01. The molecule has 0 radical (unpaired) electrons. The van der Waals surface area contributed by atoms with Crippen LogP contribution < -0.4 is 5.32 Å². The highest BCUT2D eigenvalue weighted by atomic mass is 16.4. The Balaban J connectivity index is 1.58. The van der Waals surface area contributed by atoms with Crippen molar-refractivity contribution in [3.05, 3.63) is 54.1 Å². The van der Waals surface area contributed by atoms with E-state index in [0.29, 0.717) is 5.76 Å². The van der Waals surface area contributed by atoms with Gasteiger partial charge in [0.2, 0.25) is 5.91 Å². The van der Waals surface area contributed by atoms with Crippen LogP contribution in [0, 0.1) is 6.92 Å². The number of aromatic nitrogens is 2. The number of carbonyl (C=O) groups excluding carboxylic acids is 1. The van der Waals surface area contributed by atoms with E-state index in [2.05, 4.69) is 10.4 Å². The second-order valence-electron chi connectivity index (χ2n) is 5.13. The highest BCUT2D eigenvalue weighted by Crippen LogP contribution is 2.15. The first-order chi connectivity index (χ1) is 10.6. The Bertz CT molecular complexity index is 791. The molecular formula is C16H17N3O3. The highest BCUT2D eigenvalue weighted by Gasteiger charge is 2.13. The van der Waals surface area contributed by atoms with Crippen molar-refractivity contribution in [2.45, 2.75) is 19.6 Å². The SMILES string of the molecule is Cc1ccc([C@H](O)CNC(=O)Cn2ncc3ccccc32)o1. The van der Waals surface area contributed by atoms with Gasteiger partial charge in [-0.1, -0.05) is 18.2 Å². The van der Waals surface area contributed by atoms with Gasteiger partial charge >= 0.3 is 0 Å². The summed E-state index contributed by atoms with van der Waals surface area (Å²) in [6.45, 7) is 2.01. The molecule has 0 saturated carbocycles. The van der Waals surface area contributed by atoms with Gasteiger partial charge < -0.3 is 14.8 Å². The Morgan fingerprint density at radius 1 is 1.36 bits per heavy atom. The topological polar surface area (TPSA) is 80.3 Å². The van der Waals surface area contributed by atoms with Crippen LogP contribution in [0.5, 0.6) is 0 Å². The number of amides is 1. The summed E-state index contributed by atoms with van der Waals surface area (Å²) in [4.78, 5) is 12.0.